The molecule has 8 nitrogen and oxygen atoms in total. The number of nitrogens with one attached hydrogen (secondary N) is 2. The number of rotatable bonds is 4. The Balaban J connectivity index is 2.21. The first kappa shape index (κ1) is 14.7. The van der Waals surface area contributed by atoms with Gasteiger partial charge in [0.15, 0.2) is 5.69 Å². The molecule has 9 heteroatoms. The van der Waals surface area contributed by atoms with Crippen LogP contribution in [0.25, 0.3) is 0 Å². The monoisotopic (exact) mass is 353 g/mol. The van der Waals surface area contributed by atoms with E-state index in [0.29, 0.717) is 4.47 Å². The predicted molar refractivity (Wildman–Crippen MR) is 76.5 cm³/mol. The van der Waals surface area contributed by atoms with Crippen LogP contribution in [0.4, 0.5) is 11.5 Å². The number of carboxylic acid groups (broad SMARTS) is 1. The van der Waals surface area contributed by atoms with Crippen LogP contribution in [0.2, 0.25) is 0 Å². The lowest BCUT2D eigenvalue weighted by atomic mass is 10.2. The van der Waals surface area contributed by atoms with Gasteiger partial charge in [0.25, 0.3) is 5.91 Å². The molecule has 0 atom stereocenters. The number of carbonyl (C=O) groups excluding carboxylic acids is 1. The summed E-state index contributed by atoms with van der Waals surface area (Å²) in [4.78, 5) is 35.1. The highest BCUT2D eigenvalue weighted by atomic mass is 79.9. The Kier molecular flexibility index (Phi) is 4.03. The first-order valence-corrected chi connectivity index (χ1v) is 6.35. The smallest absolute Gasteiger partial charge is 0.336 e. The molecule has 21 heavy (non-hydrogen) atoms. The van der Waals surface area contributed by atoms with E-state index in [1.165, 1.54) is 30.3 Å². The second-order valence-electron chi connectivity index (χ2n) is 3.97. The number of halogens is 1. The summed E-state index contributed by atoms with van der Waals surface area (Å²) in [6, 6.07) is 6.70. The van der Waals surface area contributed by atoms with Crippen LogP contribution in [0.15, 0.2) is 34.8 Å². The lowest BCUT2D eigenvalue weighted by molar-refractivity contribution is -0.389. The number of hydrogen-bond acceptors (Lipinski definition) is 4. The molecule has 2 aromatic rings. The first-order valence-electron chi connectivity index (χ1n) is 5.56. The average Bonchev–Trinajstić information content (AvgIpc) is 2.90. The zero-order valence-corrected chi connectivity index (χ0v) is 11.9. The molecule has 0 bridgehead atoms. The number of carboxylic acids is 1. The number of aromatic nitrogens is 1. The zero-order chi connectivity index (χ0) is 15.6. The SMILES string of the molecule is O=C(Nc1ccc(Br)c(C(=O)O)c1)c1ccc([N+](=O)[O-])[nH]1. The van der Waals surface area contributed by atoms with Gasteiger partial charge in [-0.2, -0.15) is 0 Å². The summed E-state index contributed by atoms with van der Waals surface area (Å²) in [5.74, 6) is -2.06. The van der Waals surface area contributed by atoms with Crippen molar-refractivity contribution >= 4 is 39.3 Å². The molecule has 0 saturated carbocycles. The van der Waals surface area contributed by atoms with Gasteiger partial charge in [-0.1, -0.05) is 0 Å². The van der Waals surface area contributed by atoms with Crippen LogP contribution in [0, 0.1) is 10.1 Å². The maximum Gasteiger partial charge on any atom is 0.336 e. The Morgan fingerprint density at radius 3 is 2.57 bits per heavy atom. The third kappa shape index (κ3) is 3.26. The number of carbonyl (C=O) groups is 2. The molecule has 2 rings (SSSR count). The summed E-state index contributed by atoms with van der Waals surface area (Å²) < 4.78 is 0.378. The fourth-order valence-electron chi connectivity index (χ4n) is 1.59. The van der Waals surface area contributed by atoms with E-state index in [2.05, 4.69) is 26.2 Å². The van der Waals surface area contributed by atoms with E-state index < -0.39 is 16.8 Å². The largest absolute Gasteiger partial charge is 0.478 e. The molecule has 0 saturated heterocycles. The second-order valence-corrected chi connectivity index (χ2v) is 4.82. The van der Waals surface area contributed by atoms with E-state index in [0.717, 1.165) is 0 Å². The summed E-state index contributed by atoms with van der Waals surface area (Å²) in [6.07, 6.45) is 0. The van der Waals surface area contributed by atoms with Crippen molar-refractivity contribution in [1.29, 1.82) is 0 Å². The molecule has 1 heterocycles. The minimum Gasteiger partial charge on any atom is -0.478 e. The van der Waals surface area contributed by atoms with Crippen molar-refractivity contribution in [3.8, 4) is 0 Å². The standard InChI is InChI=1S/C12H8BrN3O5/c13-8-2-1-6(5-7(8)12(18)19)14-11(17)9-3-4-10(15-9)16(20)21/h1-5,15H,(H,14,17)(H,18,19). The van der Waals surface area contributed by atoms with Crippen LogP contribution in [0.1, 0.15) is 20.8 Å². The highest BCUT2D eigenvalue weighted by Gasteiger charge is 2.16. The van der Waals surface area contributed by atoms with E-state index in [-0.39, 0.29) is 22.8 Å². The molecule has 0 radical (unpaired) electrons. The summed E-state index contributed by atoms with van der Waals surface area (Å²) in [6.45, 7) is 0. The van der Waals surface area contributed by atoms with E-state index in [9.17, 15) is 19.7 Å². The number of amides is 1. The first-order chi connectivity index (χ1) is 9.88. The van der Waals surface area contributed by atoms with Crippen molar-refractivity contribution in [2.75, 3.05) is 5.32 Å². The molecular formula is C12H8BrN3O5. The van der Waals surface area contributed by atoms with Gasteiger partial charge in [0.1, 0.15) is 0 Å². The molecule has 1 amide bonds. The molecule has 0 aliphatic heterocycles. The minimum absolute atomic E-state index is 0.00138. The number of anilines is 1. The Bertz CT molecular complexity index is 740. The molecular weight excluding hydrogens is 346 g/mol. The topological polar surface area (TPSA) is 125 Å². The van der Waals surface area contributed by atoms with Gasteiger partial charge in [0.2, 0.25) is 0 Å². The summed E-state index contributed by atoms with van der Waals surface area (Å²) in [5.41, 5.74) is 0.254. The van der Waals surface area contributed by atoms with Crippen molar-refractivity contribution in [3.05, 3.63) is 56.2 Å². The van der Waals surface area contributed by atoms with Gasteiger partial charge in [-0.15, -0.1) is 0 Å². The highest BCUT2D eigenvalue weighted by Crippen LogP contribution is 2.21. The fourth-order valence-corrected chi connectivity index (χ4v) is 2.00. The summed E-state index contributed by atoms with van der Waals surface area (Å²) in [7, 11) is 0. The molecule has 0 unspecified atom stereocenters. The van der Waals surface area contributed by atoms with Crippen molar-refractivity contribution in [2.24, 2.45) is 0 Å². The Labute approximate surface area is 126 Å². The predicted octanol–water partition coefficient (Wildman–Crippen LogP) is 2.64. The van der Waals surface area contributed by atoms with Crippen LogP contribution in [0.5, 0.6) is 0 Å². The number of nitro groups is 1. The molecule has 0 aliphatic carbocycles. The van der Waals surface area contributed by atoms with Crippen LogP contribution >= 0.6 is 15.9 Å². The van der Waals surface area contributed by atoms with Crippen molar-refractivity contribution in [3.63, 3.8) is 0 Å². The third-order valence-corrected chi connectivity index (χ3v) is 3.26. The minimum atomic E-state index is -1.14. The van der Waals surface area contributed by atoms with Crippen molar-refractivity contribution in [1.82, 2.24) is 4.98 Å². The number of aromatic carboxylic acids is 1. The number of H-pyrrole nitrogens is 1. The van der Waals surface area contributed by atoms with Crippen LogP contribution < -0.4 is 5.32 Å². The Hall–Kier alpha value is -2.68. The van der Waals surface area contributed by atoms with Crippen LogP contribution in [-0.4, -0.2) is 26.9 Å². The van der Waals surface area contributed by atoms with Crippen molar-refractivity contribution < 1.29 is 19.6 Å². The molecule has 0 aliphatic rings. The van der Waals surface area contributed by atoms with Gasteiger partial charge in [0.05, 0.1) is 5.56 Å². The average molecular weight is 354 g/mol. The summed E-state index contributed by atoms with van der Waals surface area (Å²) in [5, 5.41) is 22.0. The lowest BCUT2D eigenvalue weighted by Gasteiger charge is -2.05. The maximum atomic E-state index is 11.9. The fraction of sp³-hybridized carbons (Fsp3) is 0. The van der Waals surface area contributed by atoms with Gasteiger partial charge < -0.3 is 20.5 Å². The van der Waals surface area contributed by atoms with Gasteiger partial charge >= 0.3 is 11.8 Å². The van der Waals surface area contributed by atoms with Gasteiger partial charge in [-0.05, 0) is 45.1 Å². The number of nitrogens with zero attached hydrogens (tertiary/aromatic N) is 1. The molecule has 3 N–H and O–H groups in total. The van der Waals surface area contributed by atoms with Gasteiger partial charge in [-0.25, -0.2) is 9.78 Å². The van der Waals surface area contributed by atoms with E-state index in [1.807, 2.05) is 0 Å². The molecule has 1 aromatic heterocycles. The molecule has 0 fully saturated rings. The number of aromatic amines is 1. The summed E-state index contributed by atoms with van der Waals surface area (Å²) >= 11 is 3.09. The third-order valence-electron chi connectivity index (χ3n) is 2.57. The molecule has 0 spiro atoms. The van der Waals surface area contributed by atoms with Crippen LogP contribution in [-0.2, 0) is 0 Å². The van der Waals surface area contributed by atoms with Crippen molar-refractivity contribution in [2.45, 2.75) is 0 Å². The maximum absolute atomic E-state index is 11.9. The van der Waals surface area contributed by atoms with E-state index >= 15 is 0 Å². The second kappa shape index (κ2) is 5.75. The number of benzene rings is 1. The normalized spacial score (nSPS) is 10.1. The van der Waals surface area contributed by atoms with E-state index in [1.54, 1.807) is 0 Å². The van der Waals surface area contributed by atoms with E-state index in [4.69, 9.17) is 5.11 Å². The highest BCUT2D eigenvalue weighted by molar-refractivity contribution is 9.10. The van der Waals surface area contributed by atoms with Gasteiger partial charge in [0, 0.05) is 16.2 Å². The van der Waals surface area contributed by atoms with Gasteiger partial charge in [-0.3, -0.25) is 4.79 Å². The Morgan fingerprint density at radius 1 is 1.29 bits per heavy atom. The quantitative estimate of drug-likeness (QED) is 0.575. The lowest BCUT2D eigenvalue weighted by Crippen LogP contribution is -2.13. The van der Waals surface area contributed by atoms with Crippen LogP contribution in [0.3, 0.4) is 0 Å². The molecule has 1 aromatic carbocycles. The Morgan fingerprint density at radius 2 is 2.00 bits per heavy atom. The zero-order valence-electron chi connectivity index (χ0n) is 10.3. The molecule has 108 valence electrons. The number of hydrogen-bond donors (Lipinski definition) is 3.